The van der Waals surface area contributed by atoms with Gasteiger partial charge in [0.15, 0.2) is 0 Å². The number of hydrogen-bond acceptors (Lipinski definition) is 1. The zero-order chi connectivity index (χ0) is 15.4. The molecule has 1 nitrogen and oxygen atoms in total. The van der Waals surface area contributed by atoms with Crippen molar-refractivity contribution in [1.29, 1.82) is 0 Å². The summed E-state index contributed by atoms with van der Waals surface area (Å²) in [4.78, 5) is 0. The first-order chi connectivity index (χ1) is 10.0. The van der Waals surface area contributed by atoms with E-state index >= 15 is 0 Å². The average molecular weight is 302 g/mol. The molecule has 0 aliphatic heterocycles. The predicted octanol–water partition coefficient (Wildman–Crippen LogP) is 5.16. The molecular weight excluding hydrogens is 278 g/mol. The van der Waals surface area contributed by atoms with Gasteiger partial charge in [0.05, 0.1) is 0 Å². The topological polar surface area (TPSA) is 12.0 Å². The van der Waals surface area contributed by atoms with E-state index in [1.54, 1.807) is 0 Å². The molecule has 1 N–H and O–H groups in total. The summed E-state index contributed by atoms with van der Waals surface area (Å²) in [5.74, 6) is 0. The summed E-state index contributed by atoms with van der Waals surface area (Å²) in [6.45, 7) is 9.57. The highest BCUT2D eigenvalue weighted by Crippen LogP contribution is 2.25. The molecule has 2 aromatic rings. The number of aryl methyl sites for hydroxylation is 3. The molecule has 0 aromatic heterocycles. The Kier molecular flexibility index (Phi) is 5.44. The molecule has 0 saturated carbocycles. The number of benzene rings is 2. The summed E-state index contributed by atoms with van der Waals surface area (Å²) in [6.07, 6.45) is 0.997. The summed E-state index contributed by atoms with van der Waals surface area (Å²) >= 11 is 6.08. The second kappa shape index (κ2) is 7.11. The number of likely N-dealkylation sites (N-methyl/N-ethyl adjacent to an activating group) is 1. The van der Waals surface area contributed by atoms with E-state index in [-0.39, 0.29) is 0 Å². The molecule has 112 valence electrons. The second-order valence-corrected chi connectivity index (χ2v) is 6.17. The molecule has 1 unspecified atom stereocenters. The van der Waals surface area contributed by atoms with Crippen LogP contribution in [0.2, 0.25) is 5.02 Å². The van der Waals surface area contributed by atoms with Crippen molar-refractivity contribution in [1.82, 2.24) is 5.32 Å². The Morgan fingerprint density at radius 3 is 2.33 bits per heavy atom. The van der Waals surface area contributed by atoms with E-state index in [4.69, 9.17) is 11.6 Å². The minimum absolute atomic E-state index is 0.328. The third kappa shape index (κ3) is 4.09. The van der Waals surface area contributed by atoms with Crippen molar-refractivity contribution in [3.63, 3.8) is 0 Å². The highest BCUT2D eigenvalue weighted by atomic mass is 35.5. The van der Waals surface area contributed by atoms with Gasteiger partial charge in [-0.05, 0) is 73.7 Å². The van der Waals surface area contributed by atoms with Crippen molar-refractivity contribution in [3.05, 3.63) is 69.2 Å². The van der Waals surface area contributed by atoms with Crippen molar-refractivity contribution < 1.29 is 0 Å². The second-order valence-electron chi connectivity index (χ2n) is 5.73. The number of halogens is 1. The fourth-order valence-electron chi connectivity index (χ4n) is 2.73. The van der Waals surface area contributed by atoms with Gasteiger partial charge in [0, 0.05) is 11.1 Å². The molecule has 0 saturated heterocycles. The van der Waals surface area contributed by atoms with Gasteiger partial charge in [-0.2, -0.15) is 0 Å². The van der Waals surface area contributed by atoms with Crippen LogP contribution in [0.15, 0.2) is 36.4 Å². The molecule has 0 heterocycles. The molecule has 0 aliphatic carbocycles. The van der Waals surface area contributed by atoms with Gasteiger partial charge in [-0.25, -0.2) is 0 Å². The first-order valence-electron chi connectivity index (χ1n) is 7.56. The van der Waals surface area contributed by atoms with Gasteiger partial charge in [-0.3, -0.25) is 0 Å². The Labute approximate surface area is 133 Å². The van der Waals surface area contributed by atoms with Crippen molar-refractivity contribution in [2.45, 2.75) is 40.2 Å². The van der Waals surface area contributed by atoms with Gasteiger partial charge in [-0.1, -0.05) is 42.8 Å². The predicted molar refractivity (Wildman–Crippen MR) is 92.2 cm³/mol. The molecule has 0 bridgehead atoms. The smallest absolute Gasteiger partial charge is 0.0408 e. The van der Waals surface area contributed by atoms with Crippen LogP contribution in [0.3, 0.4) is 0 Å². The normalized spacial score (nSPS) is 12.4. The molecule has 2 rings (SSSR count). The highest BCUT2D eigenvalue weighted by Gasteiger charge is 2.14. The lowest BCUT2D eigenvalue weighted by Crippen LogP contribution is -2.23. The molecular formula is C19H24ClN. The Hall–Kier alpha value is -1.31. The highest BCUT2D eigenvalue weighted by molar-refractivity contribution is 6.30. The molecule has 21 heavy (non-hydrogen) atoms. The van der Waals surface area contributed by atoms with Crippen LogP contribution in [-0.4, -0.2) is 6.54 Å². The van der Waals surface area contributed by atoms with Gasteiger partial charge in [0.25, 0.3) is 0 Å². The van der Waals surface area contributed by atoms with Crippen LogP contribution in [0.25, 0.3) is 0 Å². The maximum atomic E-state index is 6.08. The van der Waals surface area contributed by atoms with Crippen LogP contribution < -0.4 is 5.32 Å². The fraction of sp³-hybridized carbons (Fsp3) is 0.368. The number of hydrogen-bond donors (Lipinski definition) is 1. The third-order valence-electron chi connectivity index (χ3n) is 4.07. The molecule has 1 atom stereocenters. The summed E-state index contributed by atoms with van der Waals surface area (Å²) in [6, 6.07) is 13.2. The Bertz CT molecular complexity index is 619. The van der Waals surface area contributed by atoms with Gasteiger partial charge < -0.3 is 5.32 Å². The van der Waals surface area contributed by atoms with Gasteiger partial charge in [0.1, 0.15) is 0 Å². The van der Waals surface area contributed by atoms with Gasteiger partial charge in [-0.15, -0.1) is 0 Å². The Morgan fingerprint density at radius 1 is 0.952 bits per heavy atom. The van der Waals surface area contributed by atoms with Gasteiger partial charge >= 0.3 is 0 Å². The van der Waals surface area contributed by atoms with E-state index in [0.29, 0.717) is 6.04 Å². The lowest BCUT2D eigenvalue weighted by Gasteiger charge is -2.21. The lowest BCUT2D eigenvalue weighted by atomic mass is 9.94. The maximum Gasteiger partial charge on any atom is 0.0408 e. The van der Waals surface area contributed by atoms with Crippen LogP contribution >= 0.6 is 11.6 Å². The zero-order valence-electron chi connectivity index (χ0n) is 13.3. The van der Waals surface area contributed by atoms with E-state index in [1.165, 1.54) is 27.8 Å². The molecule has 0 spiro atoms. The molecule has 0 aliphatic rings. The van der Waals surface area contributed by atoms with E-state index in [1.807, 2.05) is 12.1 Å². The van der Waals surface area contributed by atoms with Gasteiger partial charge in [0.2, 0.25) is 0 Å². The monoisotopic (exact) mass is 301 g/mol. The number of nitrogens with one attached hydrogen (secondary N) is 1. The van der Waals surface area contributed by atoms with Crippen LogP contribution in [0.1, 0.15) is 40.8 Å². The first-order valence-corrected chi connectivity index (χ1v) is 7.94. The maximum absolute atomic E-state index is 6.08. The lowest BCUT2D eigenvalue weighted by molar-refractivity contribution is 0.547. The van der Waals surface area contributed by atoms with Crippen molar-refractivity contribution in [2.24, 2.45) is 0 Å². The standard InChI is InChI=1S/C19H24ClN/c1-5-21-19(18-9-8-17(20)11-15(18)4)12-16-7-6-13(2)14(3)10-16/h6-11,19,21H,5,12H2,1-4H3. The Morgan fingerprint density at radius 2 is 1.71 bits per heavy atom. The molecule has 0 fully saturated rings. The fourth-order valence-corrected chi connectivity index (χ4v) is 2.96. The first kappa shape index (κ1) is 16.1. The minimum atomic E-state index is 0.328. The van der Waals surface area contributed by atoms with Crippen LogP contribution in [0, 0.1) is 20.8 Å². The van der Waals surface area contributed by atoms with E-state index in [2.05, 4.69) is 57.3 Å². The third-order valence-corrected chi connectivity index (χ3v) is 4.30. The summed E-state index contributed by atoms with van der Waals surface area (Å²) < 4.78 is 0. The molecule has 0 amide bonds. The van der Waals surface area contributed by atoms with Crippen molar-refractivity contribution in [2.75, 3.05) is 6.54 Å². The molecule has 2 aromatic carbocycles. The number of rotatable bonds is 5. The van der Waals surface area contributed by atoms with E-state index in [0.717, 1.165) is 18.0 Å². The zero-order valence-corrected chi connectivity index (χ0v) is 14.1. The summed E-state index contributed by atoms with van der Waals surface area (Å²) in [7, 11) is 0. The molecule has 2 heteroatoms. The minimum Gasteiger partial charge on any atom is -0.310 e. The summed E-state index contributed by atoms with van der Waals surface area (Å²) in [5.41, 5.74) is 6.66. The van der Waals surface area contributed by atoms with E-state index in [9.17, 15) is 0 Å². The van der Waals surface area contributed by atoms with Crippen LogP contribution in [0.5, 0.6) is 0 Å². The van der Waals surface area contributed by atoms with E-state index < -0.39 is 0 Å². The van der Waals surface area contributed by atoms with Crippen molar-refractivity contribution >= 4 is 11.6 Å². The molecule has 0 radical (unpaired) electrons. The quantitative estimate of drug-likeness (QED) is 0.804. The van der Waals surface area contributed by atoms with Crippen molar-refractivity contribution in [3.8, 4) is 0 Å². The Balaban J connectivity index is 2.28. The van der Waals surface area contributed by atoms with Crippen LogP contribution in [0.4, 0.5) is 0 Å². The summed E-state index contributed by atoms with van der Waals surface area (Å²) in [5, 5.41) is 4.40. The van der Waals surface area contributed by atoms with Crippen LogP contribution in [-0.2, 0) is 6.42 Å². The average Bonchev–Trinajstić information content (AvgIpc) is 2.42. The SMILES string of the molecule is CCNC(Cc1ccc(C)c(C)c1)c1ccc(Cl)cc1C. The largest absolute Gasteiger partial charge is 0.310 e.